The lowest BCUT2D eigenvalue weighted by Gasteiger charge is -2.14. The molecule has 0 radical (unpaired) electrons. The topological polar surface area (TPSA) is 29.1 Å². The molecule has 2 rings (SSSR count). The van der Waals surface area contributed by atoms with E-state index in [1.54, 1.807) is 0 Å². The Morgan fingerprint density at radius 1 is 0.909 bits per heavy atom. The Kier molecular flexibility index (Phi) is 5.76. The van der Waals surface area contributed by atoms with Crippen molar-refractivity contribution in [2.45, 2.75) is 39.7 Å². The summed E-state index contributed by atoms with van der Waals surface area (Å²) in [6.45, 7) is 6.97. The lowest BCUT2D eigenvalue weighted by Crippen LogP contribution is -2.27. The summed E-state index contributed by atoms with van der Waals surface area (Å²) in [4.78, 5) is 12.3. The van der Waals surface area contributed by atoms with Crippen molar-refractivity contribution in [3.05, 3.63) is 71.3 Å². The van der Waals surface area contributed by atoms with Crippen molar-refractivity contribution >= 4 is 5.91 Å². The molecule has 1 N–H and O–H groups in total. The van der Waals surface area contributed by atoms with E-state index in [1.165, 1.54) is 5.56 Å². The Balaban J connectivity index is 1.92. The second-order valence-corrected chi connectivity index (χ2v) is 6.26. The highest BCUT2D eigenvalue weighted by Crippen LogP contribution is 2.18. The molecule has 2 nitrogen and oxygen atoms in total. The van der Waals surface area contributed by atoms with Crippen molar-refractivity contribution in [1.29, 1.82) is 0 Å². The fourth-order valence-electron chi connectivity index (χ4n) is 2.50. The largest absolute Gasteiger partial charge is 0.352 e. The Morgan fingerprint density at radius 3 is 2.14 bits per heavy atom. The molecule has 0 heterocycles. The summed E-state index contributed by atoms with van der Waals surface area (Å²) < 4.78 is 0. The molecule has 0 saturated heterocycles. The van der Waals surface area contributed by atoms with E-state index in [9.17, 15) is 4.79 Å². The molecule has 0 bridgehead atoms. The lowest BCUT2D eigenvalue weighted by atomic mass is 9.96. The van der Waals surface area contributed by atoms with Gasteiger partial charge in [-0.05, 0) is 36.0 Å². The maximum absolute atomic E-state index is 12.3. The number of hydrogen-bond acceptors (Lipinski definition) is 1. The number of carbonyl (C=O) groups is 1. The molecule has 0 spiro atoms. The van der Waals surface area contributed by atoms with Crippen LogP contribution in [0.3, 0.4) is 0 Å². The minimum absolute atomic E-state index is 0.0699. The van der Waals surface area contributed by atoms with Crippen LogP contribution in [0.2, 0.25) is 0 Å². The quantitative estimate of drug-likeness (QED) is 0.845. The first-order valence-electron chi connectivity index (χ1n) is 7.96. The molecule has 0 aromatic heterocycles. The monoisotopic (exact) mass is 295 g/mol. The smallest absolute Gasteiger partial charge is 0.227 e. The van der Waals surface area contributed by atoms with Crippen molar-refractivity contribution in [3.63, 3.8) is 0 Å². The van der Waals surface area contributed by atoms with Crippen LogP contribution in [-0.4, -0.2) is 5.91 Å². The van der Waals surface area contributed by atoms with Gasteiger partial charge < -0.3 is 5.32 Å². The Morgan fingerprint density at radius 2 is 1.55 bits per heavy atom. The number of amides is 1. The third kappa shape index (κ3) is 4.73. The average molecular weight is 295 g/mol. The van der Waals surface area contributed by atoms with E-state index >= 15 is 0 Å². The van der Waals surface area contributed by atoms with Crippen LogP contribution in [-0.2, 0) is 17.8 Å². The summed E-state index contributed by atoms with van der Waals surface area (Å²) in [5.41, 5.74) is 3.52. The maximum atomic E-state index is 12.3. The number of nitrogens with one attached hydrogen (secondary N) is 1. The summed E-state index contributed by atoms with van der Waals surface area (Å²) in [6.07, 6.45) is 1.08. The van der Waals surface area contributed by atoms with Crippen molar-refractivity contribution < 1.29 is 4.79 Å². The summed E-state index contributed by atoms with van der Waals surface area (Å²) in [5, 5.41) is 3.01. The number of rotatable bonds is 6. The van der Waals surface area contributed by atoms with Crippen LogP contribution in [0.25, 0.3) is 0 Å². The second-order valence-electron chi connectivity index (χ2n) is 6.26. The van der Waals surface area contributed by atoms with Crippen molar-refractivity contribution in [2.75, 3.05) is 0 Å². The summed E-state index contributed by atoms with van der Waals surface area (Å²) in [5.74, 6) is 0.592. The number of hydrogen-bond donors (Lipinski definition) is 1. The molecule has 22 heavy (non-hydrogen) atoms. The van der Waals surface area contributed by atoms with Crippen LogP contribution in [0.5, 0.6) is 0 Å². The van der Waals surface area contributed by atoms with E-state index in [1.807, 2.05) is 37.3 Å². The zero-order valence-corrected chi connectivity index (χ0v) is 13.7. The van der Waals surface area contributed by atoms with Crippen molar-refractivity contribution in [3.8, 4) is 0 Å². The standard InChI is InChI=1S/C20H25NO/c1-15(2)13-17-9-11-19(12-10-17)16(3)20(22)21-14-18-7-5-4-6-8-18/h4-12,15-16H,13-14H2,1-3H3,(H,21,22)/t16-/m0/s1. The van der Waals surface area contributed by atoms with Gasteiger partial charge in [0.25, 0.3) is 0 Å². The molecule has 0 fully saturated rings. The zero-order valence-electron chi connectivity index (χ0n) is 13.7. The second kappa shape index (κ2) is 7.79. The molecule has 2 heteroatoms. The van der Waals surface area contributed by atoms with Crippen LogP contribution >= 0.6 is 0 Å². The van der Waals surface area contributed by atoms with Crippen molar-refractivity contribution in [2.24, 2.45) is 5.92 Å². The third-order valence-corrected chi connectivity index (χ3v) is 3.83. The van der Waals surface area contributed by atoms with Gasteiger partial charge in [0, 0.05) is 6.54 Å². The minimum atomic E-state index is -0.128. The normalized spacial score (nSPS) is 12.2. The van der Waals surface area contributed by atoms with Gasteiger partial charge in [0.1, 0.15) is 0 Å². The van der Waals surface area contributed by atoms with Crippen LogP contribution in [0.4, 0.5) is 0 Å². The Bertz CT molecular complexity index is 587. The fraction of sp³-hybridized carbons (Fsp3) is 0.350. The van der Waals surface area contributed by atoms with Gasteiger partial charge in [-0.1, -0.05) is 68.4 Å². The molecular formula is C20H25NO. The highest BCUT2D eigenvalue weighted by Gasteiger charge is 2.14. The van der Waals surface area contributed by atoms with Gasteiger partial charge in [-0.15, -0.1) is 0 Å². The van der Waals surface area contributed by atoms with E-state index in [0.717, 1.165) is 17.5 Å². The first-order valence-corrected chi connectivity index (χ1v) is 7.96. The highest BCUT2D eigenvalue weighted by molar-refractivity contribution is 5.83. The number of carbonyl (C=O) groups excluding carboxylic acids is 1. The fourth-order valence-corrected chi connectivity index (χ4v) is 2.50. The lowest BCUT2D eigenvalue weighted by molar-refractivity contribution is -0.122. The molecule has 2 aromatic rings. The van der Waals surface area contributed by atoms with Gasteiger partial charge in [0.05, 0.1) is 5.92 Å². The highest BCUT2D eigenvalue weighted by atomic mass is 16.1. The number of benzene rings is 2. The van der Waals surface area contributed by atoms with Gasteiger partial charge in [0.15, 0.2) is 0 Å². The predicted octanol–water partition coefficient (Wildman–Crippen LogP) is 4.31. The molecule has 0 saturated carbocycles. The summed E-state index contributed by atoms with van der Waals surface area (Å²) in [6, 6.07) is 18.4. The van der Waals surface area contributed by atoms with E-state index in [4.69, 9.17) is 0 Å². The van der Waals surface area contributed by atoms with Gasteiger partial charge in [0.2, 0.25) is 5.91 Å². The summed E-state index contributed by atoms with van der Waals surface area (Å²) in [7, 11) is 0. The van der Waals surface area contributed by atoms with Gasteiger partial charge >= 0.3 is 0 Å². The average Bonchev–Trinajstić information content (AvgIpc) is 2.53. The van der Waals surface area contributed by atoms with Crippen LogP contribution in [0.15, 0.2) is 54.6 Å². The molecule has 0 aliphatic carbocycles. The minimum Gasteiger partial charge on any atom is -0.352 e. The van der Waals surface area contributed by atoms with E-state index in [-0.39, 0.29) is 11.8 Å². The molecule has 116 valence electrons. The molecule has 0 aliphatic rings. The van der Waals surface area contributed by atoms with E-state index < -0.39 is 0 Å². The molecule has 1 atom stereocenters. The first-order chi connectivity index (χ1) is 10.6. The van der Waals surface area contributed by atoms with Crippen LogP contribution in [0, 0.1) is 5.92 Å². The molecule has 0 unspecified atom stereocenters. The molecule has 2 aromatic carbocycles. The Hall–Kier alpha value is -2.09. The van der Waals surface area contributed by atoms with Gasteiger partial charge in [-0.2, -0.15) is 0 Å². The first kappa shape index (κ1) is 16.3. The van der Waals surface area contributed by atoms with Gasteiger partial charge in [-0.25, -0.2) is 0 Å². The van der Waals surface area contributed by atoms with Gasteiger partial charge in [-0.3, -0.25) is 4.79 Å². The summed E-state index contributed by atoms with van der Waals surface area (Å²) >= 11 is 0. The predicted molar refractivity (Wildman–Crippen MR) is 91.7 cm³/mol. The molecule has 0 aliphatic heterocycles. The molecule has 1 amide bonds. The van der Waals surface area contributed by atoms with Crippen molar-refractivity contribution in [1.82, 2.24) is 5.32 Å². The maximum Gasteiger partial charge on any atom is 0.227 e. The van der Waals surface area contributed by atoms with E-state index in [2.05, 4.69) is 43.4 Å². The zero-order chi connectivity index (χ0) is 15.9. The Labute approximate surface area is 133 Å². The molecular weight excluding hydrogens is 270 g/mol. The third-order valence-electron chi connectivity index (χ3n) is 3.83. The SMILES string of the molecule is CC(C)Cc1ccc([C@H](C)C(=O)NCc2ccccc2)cc1. The van der Waals surface area contributed by atoms with Crippen LogP contribution in [0.1, 0.15) is 43.4 Å². The van der Waals surface area contributed by atoms with E-state index in [0.29, 0.717) is 12.5 Å². The van der Waals surface area contributed by atoms with Crippen LogP contribution < -0.4 is 5.32 Å².